The lowest BCUT2D eigenvalue weighted by atomic mass is 9.99. The molecular weight excluding hydrogens is 240 g/mol. The molecule has 100 valence electrons. The van der Waals surface area contributed by atoms with Crippen molar-refractivity contribution in [3.05, 3.63) is 41.6 Å². The Bertz CT molecular complexity index is 596. The lowest BCUT2D eigenvalue weighted by molar-refractivity contribution is -0.143. The number of nitrogens with zero attached hydrogens (tertiary/aromatic N) is 1. The topological polar surface area (TPSA) is 65.2 Å². The van der Waals surface area contributed by atoms with Gasteiger partial charge in [-0.3, -0.25) is 9.78 Å². The molecule has 2 rings (SSSR count). The average molecular weight is 258 g/mol. The third-order valence-corrected chi connectivity index (χ3v) is 2.97. The van der Waals surface area contributed by atoms with Crippen LogP contribution in [0.3, 0.4) is 0 Å². The molecule has 0 aliphatic carbocycles. The van der Waals surface area contributed by atoms with E-state index in [-0.39, 0.29) is 18.4 Å². The monoisotopic (exact) mass is 258 g/mol. The number of ether oxygens (including phenoxy) is 1. The zero-order valence-electron chi connectivity index (χ0n) is 11.2. The number of carbonyl (C=O) groups excluding carboxylic acids is 1. The Morgan fingerprint density at radius 1 is 1.42 bits per heavy atom. The first-order valence-electron chi connectivity index (χ1n) is 6.39. The number of aromatic nitrogens is 1. The highest BCUT2D eigenvalue weighted by Crippen LogP contribution is 2.24. The van der Waals surface area contributed by atoms with Crippen LogP contribution in [-0.2, 0) is 9.53 Å². The summed E-state index contributed by atoms with van der Waals surface area (Å²) < 4.78 is 4.94. The number of pyridine rings is 1. The van der Waals surface area contributed by atoms with Crippen LogP contribution in [0.1, 0.15) is 30.6 Å². The number of hydrogen-bond acceptors (Lipinski definition) is 4. The molecule has 0 spiro atoms. The fourth-order valence-electron chi connectivity index (χ4n) is 2.16. The maximum absolute atomic E-state index is 11.5. The summed E-state index contributed by atoms with van der Waals surface area (Å²) in [5, 5.41) is 0.991. The summed E-state index contributed by atoms with van der Waals surface area (Å²) in [6.45, 7) is 4.09. The first-order valence-corrected chi connectivity index (χ1v) is 6.39. The van der Waals surface area contributed by atoms with E-state index < -0.39 is 0 Å². The van der Waals surface area contributed by atoms with Crippen LogP contribution in [0, 0.1) is 6.92 Å². The van der Waals surface area contributed by atoms with Crippen molar-refractivity contribution in [2.45, 2.75) is 26.3 Å². The molecule has 0 radical (unpaired) electrons. The Hall–Kier alpha value is -1.94. The zero-order chi connectivity index (χ0) is 13.8. The quantitative estimate of drug-likeness (QED) is 0.856. The first kappa shape index (κ1) is 13.5. The standard InChI is InChI=1S/C15H18N2O2/c1-3-19-15(18)9-13(16)12-8-10(2)17-14-7-5-4-6-11(12)14/h4-8,13H,3,9,16H2,1-2H3/t13-/m1/s1. The third kappa shape index (κ3) is 3.09. The lowest BCUT2D eigenvalue weighted by Crippen LogP contribution is -2.18. The van der Waals surface area contributed by atoms with Crippen molar-refractivity contribution in [2.75, 3.05) is 6.61 Å². The number of fused-ring (bicyclic) bond motifs is 1. The van der Waals surface area contributed by atoms with Crippen molar-refractivity contribution < 1.29 is 9.53 Å². The molecule has 19 heavy (non-hydrogen) atoms. The minimum Gasteiger partial charge on any atom is -0.466 e. The number of rotatable bonds is 4. The second-order valence-electron chi connectivity index (χ2n) is 4.49. The molecule has 4 nitrogen and oxygen atoms in total. The summed E-state index contributed by atoms with van der Waals surface area (Å²) in [6.07, 6.45) is 0.182. The summed E-state index contributed by atoms with van der Waals surface area (Å²) in [4.78, 5) is 16.0. The molecule has 1 aromatic heterocycles. The third-order valence-electron chi connectivity index (χ3n) is 2.97. The van der Waals surface area contributed by atoms with E-state index in [0.29, 0.717) is 6.61 Å². The molecule has 0 aliphatic rings. The SMILES string of the molecule is CCOC(=O)C[C@@H](N)c1cc(C)nc2ccccc12. The molecule has 1 heterocycles. The van der Waals surface area contributed by atoms with Gasteiger partial charge in [-0.25, -0.2) is 0 Å². The largest absolute Gasteiger partial charge is 0.466 e. The van der Waals surface area contributed by atoms with Crippen LogP contribution in [0.2, 0.25) is 0 Å². The fourth-order valence-corrected chi connectivity index (χ4v) is 2.16. The second kappa shape index (κ2) is 5.80. The summed E-state index contributed by atoms with van der Waals surface area (Å²) in [6, 6.07) is 9.37. The van der Waals surface area contributed by atoms with Crippen LogP contribution >= 0.6 is 0 Å². The van der Waals surface area contributed by atoms with Crippen LogP contribution in [-0.4, -0.2) is 17.6 Å². The first-order chi connectivity index (χ1) is 9.11. The molecule has 0 saturated carbocycles. The molecule has 2 aromatic rings. The Morgan fingerprint density at radius 3 is 2.89 bits per heavy atom. The van der Waals surface area contributed by atoms with Crippen molar-refractivity contribution >= 4 is 16.9 Å². The summed E-state index contributed by atoms with van der Waals surface area (Å²) >= 11 is 0. The predicted octanol–water partition coefficient (Wildman–Crippen LogP) is 2.50. The van der Waals surface area contributed by atoms with E-state index in [0.717, 1.165) is 22.2 Å². The Kier molecular flexibility index (Phi) is 4.12. The van der Waals surface area contributed by atoms with E-state index in [1.165, 1.54) is 0 Å². The van der Waals surface area contributed by atoms with Crippen LogP contribution in [0.15, 0.2) is 30.3 Å². The number of esters is 1. The maximum atomic E-state index is 11.5. The van der Waals surface area contributed by atoms with E-state index in [1.807, 2.05) is 37.3 Å². The lowest BCUT2D eigenvalue weighted by Gasteiger charge is -2.14. The molecule has 0 saturated heterocycles. The number of carbonyl (C=O) groups is 1. The van der Waals surface area contributed by atoms with Crippen LogP contribution in [0.4, 0.5) is 0 Å². The molecule has 4 heteroatoms. The van der Waals surface area contributed by atoms with E-state index in [4.69, 9.17) is 10.5 Å². The van der Waals surface area contributed by atoms with Gasteiger partial charge in [0.1, 0.15) is 0 Å². The fraction of sp³-hybridized carbons (Fsp3) is 0.333. The molecule has 0 bridgehead atoms. The molecule has 1 aromatic carbocycles. The van der Waals surface area contributed by atoms with Crippen molar-refractivity contribution in [3.63, 3.8) is 0 Å². The zero-order valence-corrected chi connectivity index (χ0v) is 11.2. The van der Waals surface area contributed by atoms with Crippen molar-refractivity contribution in [1.29, 1.82) is 0 Å². The van der Waals surface area contributed by atoms with Gasteiger partial charge in [-0.1, -0.05) is 18.2 Å². The molecule has 0 amide bonds. The van der Waals surface area contributed by atoms with Gasteiger partial charge in [-0.15, -0.1) is 0 Å². The van der Waals surface area contributed by atoms with Gasteiger partial charge in [0.25, 0.3) is 0 Å². The Balaban J connectivity index is 2.35. The maximum Gasteiger partial charge on any atom is 0.307 e. The summed E-state index contributed by atoms with van der Waals surface area (Å²) in [5.41, 5.74) is 8.87. The Morgan fingerprint density at radius 2 is 2.16 bits per heavy atom. The van der Waals surface area contributed by atoms with Crippen molar-refractivity contribution in [3.8, 4) is 0 Å². The van der Waals surface area contributed by atoms with Gasteiger partial charge in [-0.2, -0.15) is 0 Å². The van der Waals surface area contributed by atoms with Crippen LogP contribution in [0.5, 0.6) is 0 Å². The molecule has 1 atom stereocenters. The smallest absolute Gasteiger partial charge is 0.307 e. The van der Waals surface area contributed by atoms with Crippen molar-refractivity contribution in [2.24, 2.45) is 5.73 Å². The average Bonchev–Trinajstić information content (AvgIpc) is 2.37. The van der Waals surface area contributed by atoms with Gasteiger partial charge in [0, 0.05) is 17.1 Å². The van der Waals surface area contributed by atoms with Gasteiger partial charge in [0.2, 0.25) is 0 Å². The number of aryl methyl sites for hydroxylation is 1. The predicted molar refractivity (Wildman–Crippen MR) is 74.7 cm³/mol. The number of hydrogen-bond donors (Lipinski definition) is 1. The highest BCUT2D eigenvalue weighted by atomic mass is 16.5. The highest BCUT2D eigenvalue weighted by Gasteiger charge is 2.15. The molecule has 0 aliphatic heterocycles. The highest BCUT2D eigenvalue weighted by molar-refractivity contribution is 5.83. The number of para-hydroxylation sites is 1. The molecular formula is C15H18N2O2. The van der Waals surface area contributed by atoms with Gasteiger partial charge >= 0.3 is 5.97 Å². The van der Waals surface area contributed by atoms with E-state index in [9.17, 15) is 4.79 Å². The summed E-state index contributed by atoms with van der Waals surface area (Å²) in [7, 11) is 0. The van der Waals surface area contributed by atoms with Gasteiger partial charge < -0.3 is 10.5 Å². The minimum atomic E-state index is -0.370. The Labute approximate surface area is 112 Å². The van der Waals surface area contributed by atoms with Gasteiger partial charge in [-0.05, 0) is 31.5 Å². The van der Waals surface area contributed by atoms with Gasteiger partial charge in [0.05, 0.1) is 18.5 Å². The van der Waals surface area contributed by atoms with E-state index >= 15 is 0 Å². The van der Waals surface area contributed by atoms with Gasteiger partial charge in [0.15, 0.2) is 0 Å². The molecule has 0 fully saturated rings. The second-order valence-corrected chi connectivity index (χ2v) is 4.49. The number of nitrogens with two attached hydrogens (primary N) is 1. The normalized spacial score (nSPS) is 12.4. The minimum absolute atomic E-state index is 0.182. The van der Waals surface area contributed by atoms with Crippen molar-refractivity contribution in [1.82, 2.24) is 4.98 Å². The number of benzene rings is 1. The van der Waals surface area contributed by atoms with Crippen LogP contribution in [0.25, 0.3) is 10.9 Å². The van der Waals surface area contributed by atoms with E-state index in [1.54, 1.807) is 6.92 Å². The summed E-state index contributed by atoms with van der Waals surface area (Å²) in [5.74, 6) is -0.270. The van der Waals surface area contributed by atoms with E-state index in [2.05, 4.69) is 4.98 Å². The molecule has 0 unspecified atom stereocenters. The van der Waals surface area contributed by atoms with Crippen LogP contribution < -0.4 is 5.73 Å². The molecule has 2 N–H and O–H groups in total.